The summed E-state index contributed by atoms with van der Waals surface area (Å²) in [5, 5.41) is 11.0. The summed E-state index contributed by atoms with van der Waals surface area (Å²) in [5.41, 5.74) is 0.229. The van der Waals surface area contributed by atoms with Crippen LogP contribution < -0.4 is 0 Å². The van der Waals surface area contributed by atoms with Gasteiger partial charge in [-0.2, -0.15) is 0 Å². The maximum Gasteiger partial charge on any atom is 0.284 e. The van der Waals surface area contributed by atoms with Gasteiger partial charge in [0.15, 0.2) is 0 Å². The highest BCUT2D eigenvalue weighted by molar-refractivity contribution is 9.10. The molecular formula is C14H17BrN2O4. The molecule has 2 atom stereocenters. The Balaban J connectivity index is 2.30. The molecule has 1 fully saturated rings. The van der Waals surface area contributed by atoms with Crippen molar-refractivity contribution in [3.63, 3.8) is 0 Å². The predicted octanol–water partition coefficient (Wildman–Crippen LogP) is 3.00. The number of hydrogen-bond acceptors (Lipinski definition) is 4. The molecule has 0 saturated carbocycles. The third kappa shape index (κ3) is 3.41. The topological polar surface area (TPSA) is 72.7 Å². The van der Waals surface area contributed by atoms with Crippen molar-refractivity contribution in [1.82, 2.24) is 4.90 Å². The summed E-state index contributed by atoms with van der Waals surface area (Å²) in [6.07, 6.45) is 0.763. The van der Waals surface area contributed by atoms with Crippen LogP contribution in [0.3, 0.4) is 0 Å². The van der Waals surface area contributed by atoms with Gasteiger partial charge in [-0.25, -0.2) is 0 Å². The van der Waals surface area contributed by atoms with E-state index in [4.69, 9.17) is 4.74 Å². The van der Waals surface area contributed by atoms with Gasteiger partial charge in [0.2, 0.25) is 0 Å². The standard InChI is InChI=1S/C14H17BrN2O4/c1-3-11-8-21-9(2)7-16(11)14(18)10-4-5-12(15)13(6-10)17(19)20/h4-6,9,11H,3,7-8H2,1-2H3. The largest absolute Gasteiger partial charge is 0.375 e. The highest BCUT2D eigenvalue weighted by atomic mass is 79.9. The molecule has 1 saturated heterocycles. The molecule has 1 amide bonds. The van der Waals surface area contributed by atoms with Crippen LogP contribution in [0.25, 0.3) is 0 Å². The molecule has 0 bridgehead atoms. The van der Waals surface area contributed by atoms with Crippen LogP contribution in [0.2, 0.25) is 0 Å². The molecule has 0 radical (unpaired) electrons. The number of nitro benzene ring substituents is 1. The lowest BCUT2D eigenvalue weighted by atomic mass is 10.1. The van der Waals surface area contributed by atoms with Crippen molar-refractivity contribution >= 4 is 27.5 Å². The Morgan fingerprint density at radius 3 is 2.90 bits per heavy atom. The van der Waals surface area contributed by atoms with Crippen molar-refractivity contribution < 1.29 is 14.5 Å². The fourth-order valence-corrected chi connectivity index (χ4v) is 2.77. The second-order valence-electron chi connectivity index (χ2n) is 5.09. The van der Waals surface area contributed by atoms with Crippen LogP contribution in [0.1, 0.15) is 30.6 Å². The Labute approximate surface area is 131 Å². The number of morpholine rings is 1. The Kier molecular flexibility index (Phi) is 4.95. The SMILES string of the molecule is CCC1COC(C)CN1C(=O)c1ccc(Br)c([N+](=O)[O-])c1. The lowest BCUT2D eigenvalue weighted by Crippen LogP contribution is -2.51. The second-order valence-corrected chi connectivity index (χ2v) is 5.94. The van der Waals surface area contributed by atoms with E-state index in [2.05, 4.69) is 15.9 Å². The molecule has 2 unspecified atom stereocenters. The van der Waals surface area contributed by atoms with E-state index in [1.165, 1.54) is 12.1 Å². The molecule has 1 aliphatic heterocycles. The zero-order valence-corrected chi connectivity index (χ0v) is 13.5. The Morgan fingerprint density at radius 2 is 2.29 bits per heavy atom. The minimum Gasteiger partial charge on any atom is -0.375 e. The van der Waals surface area contributed by atoms with Crippen LogP contribution in [0.4, 0.5) is 5.69 Å². The van der Waals surface area contributed by atoms with Crippen LogP contribution in [-0.4, -0.2) is 41.0 Å². The lowest BCUT2D eigenvalue weighted by Gasteiger charge is -2.38. The summed E-state index contributed by atoms with van der Waals surface area (Å²) >= 11 is 3.12. The van der Waals surface area contributed by atoms with Crippen molar-refractivity contribution in [2.75, 3.05) is 13.2 Å². The van der Waals surface area contributed by atoms with Gasteiger partial charge in [-0.1, -0.05) is 6.92 Å². The van der Waals surface area contributed by atoms with Crippen LogP contribution in [-0.2, 0) is 4.74 Å². The van der Waals surface area contributed by atoms with E-state index in [9.17, 15) is 14.9 Å². The summed E-state index contributed by atoms with van der Waals surface area (Å²) in [6, 6.07) is 4.47. The number of halogens is 1. The maximum absolute atomic E-state index is 12.6. The van der Waals surface area contributed by atoms with Crippen LogP contribution >= 0.6 is 15.9 Å². The summed E-state index contributed by atoms with van der Waals surface area (Å²) in [5.74, 6) is -0.187. The van der Waals surface area contributed by atoms with Crippen molar-refractivity contribution in [3.05, 3.63) is 38.3 Å². The molecular weight excluding hydrogens is 340 g/mol. The van der Waals surface area contributed by atoms with Gasteiger partial charge in [0.05, 0.1) is 28.1 Å². The highest BCUT2D eigenvalue weighted by Gasteiger charge is 2.30. The third-order valence-electron chi connectivity index (χ3n) is 3.59. The monoisotopic (exact) mass is 356 g/mol. The Bertz CT molecular complexity index is 564. The fraction of sp³-hybridized carbons (Fsp3) is 0.500. The van der Waals surface area contributed by atoms with Crippen LogP contribution in [0.5, 0.6) is 0 Å². The molecule has 21 heavy (non-hydrogen) atoms. The van der Waals surface area contributed by atoms with Gasteiger partial charge in [0.25, 0.3) is 11.6 Å². The molecule has 2 rings (SSSR count). The van der Waals surface area contributed by atoms with Gasteiger partial charge >= 0.3 is 0 Å². The zero-order chi connectivity index (χ0) is 15.6. The molecule has 0 aromatic heterocycles. The Hall–Kier alpha value is -1.47. The Morgan fingerprint density at radius 1 is 1.57 bits per heavy atom. The molecule has 1 heterocycles. The van der Waals surface area contributed by atoms with Crippen molar-refractivity contribution in [3.8, 4) is 0 Å². The van der Waals surface area contributed by atoms with Crippen molar-refractivity contribution in [2.24, 2.45) is 0 Å². The minimum absolute atomic E-state index is 0.0106. The van der Waals surface area contributed by atoms with Gasteiger partial charge in [0, 0.05) is 18.2 Å². The lowest BCUT2D eigenvalue weighted by molar-refractivity contribution is -0.385. The molecule has 7 heteroatoms. The summed E-state index contributed by atoms with van der Waals surface area (Å²) in [7, 11) is 0. The number of ether oxygens (including phenoxy) is 1. The van der Waals surface area contributed by atoms with Crippen LogP contribution in [0.15, 0.2) is 22.7 Å². The molecule has 0 spiro atoms. The number of amides is 1. The third-order valence-corrected chi connectivity index (χ3v) is 4.26. The zero-order valence-electron chi connectivity index (χ0n) is 11.9. The van der Waals surface area contributed by atoms with E-state index < -0.39 is 4.92 Å². The van der Waals surface area contributed by atoms with E-state index in [0.29, 0.717) is 23.2 Å². The van der Waals surface area contributed by atoms with E-state index in [1.54, 1.807) is 11.0 Å². The van der Waals surface area contributed by atoms with E-state index in [-0.39, 0.29) is 23.7 Å². The number of rotatable bonds is 3. The first-order valence-corrected chi connectivity index (χ1v) is 7.59. The van der Waals surface area contributed by atoms with E-state index >= 15 is 0 Å². The van der Waals surface area contributed by atoms with E-state index in [1.807, 2.05) is 13.8 Å². The number of nitro groups is 1. The smallest absolute Gasteiger partial charge is 0.284 e. The summed E-state index contributed by atoms with van der Waals surface area (Å²) in [6.45, 7) is 4.91. The van der Waals surface area contributed by atoms with Crippen LogP contribution in [0, 0.1) is 10.1 Å². The quantitative estimate of drug-likeness (QED) is 0.616. The first-order chi connectivity index (χ1) is 9.93. The molecule has 0 aliphatic carbocycles. The summed E-state index contributed by atoms with van der Waals surface area (Å²) in [4.78, 5) is 24.9. The summed E-state index contributed by atoms with van der Waals surface area (Å²) < 4.78 is 5.94. The van der Waals surface area contributed by atoms with Crippen molar-refractivity contribution in [2.45, 2.75) is 32.4 Å². The second kappa shape index (κ2) is 6.53. The average Bonchev–Trinajstić information content (AvgIpc) is 2.46. The molecule has 1 aromatic rings. The van der Waals surface area contributed by atoms with Gasteiger partial charge in [-0.05, 0) is 41.4 Å². The number of nitrogens with zero attached hydrogens (tertiary/aromatic N) is 2. The van der Waals surface area contributed by atoms with E-state index in [0.717, 1.165) is 6.42 Å². The molecule has 1 aliphatic rings. The number of carbonyl (C=O) groups is 1. The van der Waals surface area contributed by atoms with Gasteiger partial charge < -0.3 is 9.64 Å². The molecule has 6 nitrogen and oxygen atoms in total. The first-order valence-electron chi connectivity index (χ1n) is 6.80. The number of benzene rings is 1. The van der Waals surface area contributed by atoms with Gasteiger partial charge in [0.1, 0.15) is 0 Å². The predicted molar refractivity (Wildman–Crippen MR) is 81.3 cm³/mol. The average molecular weight is 357 g/mol. The van der Waals surface area contributed by atoms with Gasteiger partial charge in [-0.15, -0.1) is 0 Å². The molecule has 114 valence electrons. The number of hydrogen-bond donors (Lipinski definition) is 0. The number of carbonyl (C=O) groups excluding carboxylic acids is 1. The highest BCUT2D eigenvalue weighted by Crippen LogP contribution is 2.27. The fourth-order valence-electron chi connectivity index (χ4n) is 2.38. The normalized spacial score (nSPS) is 22.1. The van der Waals surface area contributed by atoms with Crippen molar-refractivity contribution in [1.29, 1.82) is 0 Å². The molecule has 1 aromatic carbocycles. The first kappa shape index (κ1) is 15.9. The van der Waals surface area contributed by atoms with Gasteiger partial charge in [-0.3, -0.25) is 14.9 Å². The molecule has 0 N–H and O–H groups in total. The maximum atomic E-state index is 12.6. The minimum atomic E-state index is -0.500.